The minimum Gasteiger partial charge on any atom is -0.361 e. The van der Waals surface area contributed by atoms with Crippen molar-refractivity contribution >= 4 is 16.8 Å². The average Bonchev–Trinajstić information content (AvgIpc) is 3.43. The standard InChI is InChI=1S/C23H23N5O/c29-23(20-4-3-18-5-9-25-21(18)14-20)27-11-6-19(7-12-27)22-26-10-13-28(22)16-17-2-1-8-24-15-17/h1-5,8-10,13-15,19,25H,6-7,11-12,16H2. The topological polar surface area (TPSA) is 66.8 Å². The fraction of sp³-hybridized carbons (Fsp3) is 0.261. The second kappa shape index (κ2) is 7.54. The van der Waals surface area contributed by atoms with Crippen LogP contribution < -0.4 is 0 Å². The molecule has 0 radical (unpaired) electrons. The van der Waals surface area contributed by atoms with Gasteiger partial charge in [0.25, 0.3) is 5.91 Å². The molecule has 0 atom stereocenters. The largest absolute Gasteiger partial charge is 0.361 e. The summed E-state index contributed by atoms with van der Waals surface area (Å²) in [5.74, 6) is 1.59. The number of hydrogen-bond acceptors (Lipinski definition) is 3. The molecule has 0 aliphatic carbocycles. The smallest absolute Gasteiger partial charge is 0.253 e. The Kier molecular flexibility index (Phi) is 4.60. The summed E-state index contributed by atoms with van der Waals surface area (Å²) in [6, 6.07) is 11.9. The molecule has 29 heavy (non-hydrogen) atoms. The molecule has 6 nitrogen and oxygen atoms in total. The number of benzene rings is 1. The first-order valence-corrected chi connectivity index (χ1v) is 10.0. The number of aromatic nitrogens is 4. The summed E-state index contributed by atoms with van der Waals surface area (Å²) in [5.41, 5.74) is 2.92. The van der Waals surface area contributed by atoms with Crippen LogP contribution in [0.1, 0.15) is 40.5 Å². The Balaban J connectivity index is 1.26. The van der Waals surface area contributed by atoms with Crippen molar-refractivity contribution < 1.29 is 4.79 Å². The van der Waals surface area contributed by atoms with Crippen LogP contribution in [0.5, 0.6) is 0 Å². The summed E-state index contributed by atoms with van der Waals surface area (Å²) in [5, 5.41) is 1.13. The molecule has 4 aromatic rings. The van der Waals surface area contributed by atoms with E-state index in [0.717, 1.165) is 54.8 Å². The third-order valence-corrected chi connectivity index (χ3v) is 5.77. The fourth-order valence-corrected chi connectivity index (χ4v) is 4.21. The van der Waals surface area contributed by atoms with E-state index in [1.807, 2.05) is 60.0 Å². The van der Waals surface area contributed by atoms with Gasteiger partial charge in [-0.05, 0) is 48.1 Å². The zero-order valence-electron chi connectivity index (χ0n) is 16.2. The van der Waals surface area contributed by atoms with E-state index in [2.05, 4.69) is 25.6 Å². The number of hydrogen-bond donors (Lipinski definition) is 1. The van der Waals surface area contributed by atoms with E-state index in [9.17, 15) is 4.79 Å². The molecule has 146 valence electrons. The van der Waals surface area contributed by atoms with Gasteiger partial charge in [-0.15, -0.1) is 0 Å². The predicted molar refractivity (Wildman–Crippen MR) is 112 cm³/mol. The minimum atomic E-state index is 0.110. The Bertz CT molecular complexity index is 1120. The van der Waals surface area contributed by atoms with Crippen molar-refractivity contribution in [1.82, 2.24) is 24.4 Å². The van der Waals surface area contributed by atoms with Gasteiger partial charge in [0.1, 0.15) is 5.82 Å². The number of piperidine rings is 1. The molecular formula is C23H23N5O. The first kappa shape index (κ1) is 17.7. The molecule has 6 heteroatoms. The molecule has 0 unspecified atom stereocenters. The summed E-state index contributed by atoms with van der Waals surface area (Å²) >= 11 is 0. The lowest BCUT2D eigenvalue weighted by Crippen LogP contribution is -2.38. The number of pyridine rings is 1. The molecule has 4 heterocycles. The van der Waals surface area contributed by atoms with Gasteiger partial charge in [0, 0.05) is 61.1 Å². The van der Waals surface area contributed by atoms with Crippen LogP contribution in [-0.4, -0.2) is 43.4 Å². The molecule has 1 saturated heterocycles. The number of rotatable bonds is 4. The maximum atomic E-state index is 13.0. The van der Waals surface area contributed by atoms with E-state index >= 15 is 0 Å². The number of carbonyl (C=O) groups excluding carboxylic acids is 1. The van der Waals surface area contributed by atoms with Gasteiger partial charge >= 0.3 is 0 Å². The maximum Gasteiger partial charge on any atom is 0.253 e. The molecule has 0 spiro atoms. The molecule has 1 aliphatic heterocycles. The number of H-pyrrole nitrogens is 1. The van der Waals surface area contributed by atoms with E-state index in [4.69, 9.17) is 0 Å². The van der Waals surface area contributed by atoms with Crippen LogP contribution in [-0.2, 0) is 6.54 Å². The van der Waals surface area contributed by atoms with Gasteiger partial charge in [0.15, 0.2) is 0 Å². The summed E-state index contributed by atoms with van der Waals surface area (Å²) in [6.07, 6.45) is 11.4. The first-order valence-electron chi connectivity index (χ1n) is 10.0. The fourth-order valence-electron chi connectivity index (χ4n) is 4.21. The number of likely N-dealkylation sites (tertiary alicyclic amines) is 1. The zero-order valence-corrected chi connectivity index (χ0v) is 16.2. The second-order valence-corrected chi connectivity index (χ2v) is 7.62. The van der Waals surface area contributed by atoms with Gasteiger partial charge in [-0.3, -0.25) is 9.78 Å². The quantitative estimate of drug-likeness (QED) is 0.581. The monoisotopic (exact) mass is 385 g/mol. The molecule has 0 bridgehead atoms. The van der Waals surface area contributed by atoms with Crippen molar-refractivity contribution in [2.75, 3.05) is 13.1 Å². The van der Waals surface area contributed by atoms with Crippen molar-refractivity contribution in [3.63, 3.8) is 0 Å². The first-order chi connectivity index (χ1) is 14.3. The highest BCUT2D eigenvalue weighted by atomic mass is 16.2. The lowest BCUT2D eigenvalue weighted by molar-refractivity contribution is 0.0710. The molecule has 3 aromatic heterocycles. The van der Waals surface area contributed by atoms with E-state index in [1.54, 1.807) is 6.20 Å². The van der Waals surface area contributed by atoms with Gasteiger partial charge in [-0.2, -0.15) is 0 Å². The summed E-state index contributed by atoms with van der Waals surface area (Å²) in [4.78, 5) is 26.9. The van der Waals surface area contributed by atoms with E-state index in [1.165, 1.54) is 5.56 Å². The van der Waals surface area contributed by atoms with Gasteiger partial charge in [0.2, 0.25) is 0 Å². The summed E-state index contributed by atoms with van der Waals surface area (Å²) in [7, 11) is 0. The minimum absolute atomic E-state index is 0.110. The number of amides is 1. The predicted octanol–water partition coefficient (Wildman–Crippen LogP) is 3.83. The van der Waals surface area contributed by atoms with Crippen LogP contribution in [0.2, 0.25) is 0 Å². The van der Waals surface area contributed by atoms with Gasteiger partial charge < -0.3 is 14.5 Å². The zero-order chi connectivity index (χ0) is 19.6. The van der Waals surface area contributed by atoms with Gasteiger partial charge in [0.05, 0.1) is 6.54 Å². The van der Waals surface area contributed by atoms with Gasteiger partial charge in [-0.1, -0.05) is 12.1 Å². The van der Waals surface area contributed by atoms with E-state index in [0.29, 0.717) is 5.92 Å². The Labute approximate surface area is 169 Å². The van der Waals surface area contributed by atoms with Crippen molar-refractivity contribution in [3.05, 3.63) is 84.3 Å². The van der Waals surface area contributed by atoms with Crippen molar-refractivity contribution in [3.8, 4) is 0 Å². The van der Waals surface area contributed by atoms with Crippen molar-refractivity contribution in [1.29, 1.82) is 0 Å². The maximum absolute atomic E-state index is 13.0. The second-order valence-electron chi connectivity index (χ2n) is 7.62. The van der Waals surface area contributed by atoms with Crippen LogP contribution in [0.25, 0.3) is 10.9 Å². The molecule has 1 aliphatic rings. The van der Waals surface area contributed by atoms with Crippen molar-refractivity contribution in [2.24, 2.45) is 0 Å². The Morgan fingerprint density at radius 3 is 2.86 bits per heavy atom. The molecule has 1 N–H and O–H groups in total. The number of nitrogens with zero attached hydrogens (tertiary/aromatic N) is 4. The molecule has 1 fully saturated rings. The number of aromatic amines is 1. The van der Waals surface area contributed by atoms with Crippen LogP contribution in [0, 0.1) is 0 Å². The average molecular weight is 385 g/mol. The number of nitrogens with one attached hydrogen (secondary N) is 1. The van der Waals surface area contributed by atoms with Gasteiger partial charge in [-0.25, -0.2) is 4.98 Å². The molecular weight excluding hydrogens is 362 g/mol. The van der Waals surface area contributed by atoms with Crippen LogP contribution >= 0.6 is 0 Å². The SMILES string of the molecule is O=C(c1ccc2cc[nH]c2c1)N1CCC(c2nccn2Cc2cccnc2)CC1. The molecule has 1 amide bonds. The number of fused-ring (bicyclic) bond motifs is 1. The Morgan fingerprint density at radius 1 is 1.14 bits per heavy atom. The highest BCUT2D eigenvalue weighted by molar-refractivity contribution is 5.98. The summed E-state index contributed by atoms with van der Waals surface area (Å²) < 4.78 is 2.21. The molecule has 0 saturated carbocycles. The highest BCUT2D eigenvalue weighted by Gasteiger charge is 2.27. The van der Waals surface area contributed by atoms with Crippen LogP contribution in [0.4, 0.5) is 0 Å². The van der Waals surface area contributed by atoms with Crippen LogP contribution in [0.15, 0.2) is 67.4 Å². The summed E-state index contributed by atoms with van der Waals surface area (Å²) in [6.45, 7) is 2.29. The van der Waals surface area contributed by atoms with E-state index in [-0.39, 0.29) is 5.91 Å². The Hall–Kier alpha value is -3.41. The lowest BCUT2D eigenvalue weighted by atomic mass is 9.95. The Morgan fingerprint density at radius 2 is 2.03 bits per heavy atom. The molecule has 1 aromatic carbocycles. The van der Waals surface area contributed by atoms with Crippen molar-refractivity contribution in [2.45, 2.75) is 25.3 Å². The normalized spacial score (nSPS) is 15.1. The number of imidazole rings is 1. The highest BCUT2D eigenvalue weighted by Crippen LogP contribution is 2.28. The third kappa shape index (κ3) is 3.53. The third-order valence-electron chi connectivity index (χ3n) is 5.77. The number of carbonyl (C=O) groups is 1. The van der Waals surface area contributed by atoms with Crippen LogP contribution in [0.3, 0.4) is 0 Å². The van der Waals surface area contributed by atoms with E-state index < -0.39 is 0 Å². The molecule has 5 rings (SSSR count). The lowest BCUT2D eigenvalue weighted by Gasteiger charge is -2.32.